The fourth-order valence-electron chi connectivity index (χ4n) is 2.29. The number of amidine groups is 1. The van der Waals surface area contributed by atoms with Crippen LogP contribution in [0, 0.1) is 6.92 Å². The van der Waals surface area contributed by atoms with Gasteiger partial charge in [-0.2, -0.15) is 0 Å². The molecule has 2 aromatic carbocycles. The van der Waals surface area contributed by atoms with Gasteiger partial charge in [-0.25, -0.2) is 0 Å². The lowest BCUT2D eigenvalue weighted by Gasteiger charge is -2.22. The van der Waals surface area contributed by atoms with Gasteiger partial charge in [-0.05, 0) is 36.6 Å². The third-order valence-corrected chi connectivity index (χ3v) is 3.53. The summed E-state index contributed by atoms with van der Waals surface area (Å²) in [5.41, 5.74) is 9.92. The number of aryl methyl sites for hydroxylation is 1. The maximum Gasteiger partial charge on any atom is 0.172 e. The summed E-state index contributed by atoms with van der Waals surface area (Å²) >= 11 is 0. The van der Waals surface area contributed by atoms with Crippen LogP contribution >= 0.6 is 0 Å². The quantitative estimate of drug-likeness (QED) is 0.384. The normalized spacial score (nSPS) is 11.4. The summed E-state index contributed by atoms with van der Waals surface area (Å²) in [6.07, 6.45) is 0.945. The summed E-state index contributed by atoms with van der Waals surface area (Å²) in [5.74, 6) is 0.136. The van der Waals surface area contributed by atoms with Crippen LogP contribution in [0.3, 0.4) is 0 Å². The van der Waals surface area contributed by atoms with Crippen LogP contribution < -0.4 is 10.6 Å². The van der Waals surface area contributed by atoms with Gasteiger partial charge in [-0.3, -0.25) is 0 Å². The highest BCUT2D eigenvalue weighted by Crippen LogP contribution is 2.21. The predicted octanol–water partition coefficient (Wildman–Crippen LogP) is 2.77. The molecule has 0 saturated carbocycles. The molecule has 21 heavy (non-hydrogen) atoms. The first-order valence-corrected chi connectivity index (χ1v) is 6.95. The molecule has 0 fully saturated rings. The first-order valence-electron chi connectivity index (χ1n) is 6.95. The number of nitrogens with zero attached hydrogens (tertiary/aromatic N) is 2. The van der Waals surface area contributed by atoms with Crippen LogP contribution in [0.4, 0.5) is 5.69 Å². The number of rotatable bonds is 5. The van der Waals surface area contributed by atoms with E-state index in [0.717, 1.165) is 29.8 Å². The number of likely N-dealkylation sites (N-methyl/N-ethyl adjacent to an activating group) is 1. The average molecular weight is 283 g/mol. The van der Waals surface area contributed by atoms with Gasteiger partial charge in [-0.15, -0.1) is 0 Å². The van der Waals surface area contributed by atoms with E-state index in [9.17, 15) is 0 Å². The number of anilines is 1. The van der Waals surface area contributed by atoms with Crippen molar-refractivity contribution in [3.8, 4) is 0 Å². The highest BCUT2D eigenvalue weighted by molar-refractivity contribution is 6.02. The van der Waals surface area contributed by atoms with Gasteiger partial charge < -0.3 is 15.8 Å². The minimum Gasteiger partial charge on any atom is -0.409 e. The van der Waals surface area contributed by atoms with Crippen LogP contribution in [0.15, 0.2) is 53.7 Å². The molecule has 0 heterocycles. The molecule has 4 heteroatoms. The molecule has 0 atom stereocenters. The predicted molar refractivity (Wildman–Crippen MR) is 87.1 cm³/mol. The van der Waals surface area contributed by atoms with Gasteiger partial charge in [0.1, 0.15) is 0 Å². The monoisotopic (exact) mass is 283 g/mol. The fraction of sp³-hybridized carbons (Fsp3) is 0.235. The highest BCUT2D eigenvalue weighted by Gasteiger charge is 2.11. The number of nitrogens with two attached hydrogens (primary N) is 1. The Bertz CT molecular complexity index is 623. The van der Waals surface area contributed by atoms with Gasteiger partial charge in [0.2, 0.25) is 0 Å². The molecular formula is C17H21N3O. The summed E-state index contributed by atoms with van der Waals surface area (Å²) < 4.78 is 0. The number of hydrogen-bond acceptors (Lipinski definition) is 3. The van der Waals surface area contributed by atoms with Crippen molar-refractivity contribution in [3.05, 3.63) is 65.2 Å². The van der Waals surface area contributed by atoms with Gasteiger partial charge in [0, 0.05) is 24.8 Å². The second kappa shape index (κ2) is 6.79. The Kier molecular flexibility index (Phi) is 4.82. The van der Waals surface area contributed by atoms with Crippen LogP contribution in [0.5, 0.6) is 0 Å². The standard InChI is InChI=1S/C17H21N3O/c1-13-8-9-15(17(18)19-21)16(12-13)20(2)11-10-14-6-4-3-5-7-14/h3-9,12,21H,10-11H2,1-2H3,(H2,18,19). The summed E-state index contributed by atoms with van der Waals surface area (Å²) in [7, 11) is 2.02. The molecule has 0 radical (unpaired) electrons. The molecule has 110 valence electrons. The zero-order valence-electron chi connectivity index (χ0n) is 12.5. The van der Waals surface area contributed by atoms with Crippen molar-refractivity contribution >= 4 is 11.5 Å². The average Bonchev–Trinajstić information content (AvgIpc) is 2.52. The Balaban J connectivity index is 2.18. The Morgan fingerprint density at radius 3 is 2.57 bits per heavy atom. The lowest BCUT2D eigenvalue weighted by molar-refractivity contribution is 0.318. The zero-order chi connectivity index (χ0) is 15.2. The lowest BCUT2D eigenvalue weighted by Crippen LogP contribution is -2.25. The number of oxime groups is 1. The first-order chi connectivity index (χ1) is 10.1. The number of hydrogen-bond donors (Lipinski definition) is 2. The van der Waals surface area contributed by atoms with E-state index in [1.54, 1.807) is 0 Å². The van der Waals surface area contributed by atoms with Crippen LogP contribution in [-0.4, -0.2) is 24.6 Å². The van der Waals surface area contributed by atoms with Gasteiger partial charge in [0.15, 0.2) is 5.84 Å². The van der Waals surface area contributed by atoms with Gasteiger partial charge >= 0.3 is 0 Å². The van der Waals surface area contributed by atoms with E-state index in [2.05, 4.69) is 28.3 Å². The van der Waals surface area contributed by atoms with E-state index >= 15 is 0 Å². The van der Waals surface area contributed by atoms with Crippen molar-refractivity contribution in [2.45, 2.75) is 13.3 Å². The molecule has 3 N–H and O–H groups in total. The SMILES string of the molecule is Cc1ccc(C(N)=NO)c(N(C)CCc2ccccc2)c1. The maximum atomic E-state index is 8.92. The van der Waals surface area contributed by atoms with Gasteiger partial charge in [0.25, 0.3) is 0 Å². The molecule has 0 saturated heterocycles. The topological polar surface area (TPSA) is 61.9 Å². The fourth-order valence-corrected chi connectivity index (χ4v) is 2.29. The summed E-state index contributed by atoms with van der Waals surface area (Å²) in [6.45, 7) is 2.89. The molecule has 2 aromatic rings. The largest absolute Gasteiger partial charge is 0.409 e. The molecule has 2 rings (SSSR count). The summed E-state index contributed by atoms with van der Waals surface area (Å²) in [6, 6.07) is 16.3. The van der Waals surface area contributed by atoms with Crippen molar-refractivity contribution in [2.75, 3.05) is 18.5 Å². The van der Waals surface area contributed by atoms with Crippen molar-refractivity contribution in [1.82, 2.24) is 0 Å². The van der Waals surface area contributed by atoms with E-state index in [4.69, 9.17) is 10.9 Å². The maximum absolute atomic E-state index is 8.92. The Morgan fingerprint density at radius 1 is 1.19 bits per heavy atom. The van der Waals surface area contributed by atoms with Crippen molar-refractivity contribution in [2.24, 2.45) is 10.9 Å². The highest BCUT2D eigenvalue weighted by atomic mass is 16.4. The second-order valence-electron chi connectivity index (χ2n) is 5.16. The molecule has 0 amide bonds. The molecule has 0 aromatic heterocycles. The van der Waals surface area contributed by atoms with Crippen LogP contribution in [0.2, 0.25) is 0 Å². The molecule has 0 aliphatic rings. The van der Waals surface area contributed by atoms with Gasteiger partial charge in [0.05, 0.1) is 0 Å². The first kappa shape index (κ1) is 14.9. The molecule has 0 aliphatic heterocycles. The molecule has 0 aliphatic carbocycles. The van der Waals surface area contributed by atoms with Crippen LogP contribution in [-0.2, 0) is 6.42 Å². The van der Waals surface area contributed by atoms with E-state index in [-0.39, 0.29) is 5.84 Å². The van der Waals surface area contributed by atoms with Gasteiger partial charge in [-0.1, -0.05) is 41.6 Å². The summed E-state index contributed by atoms with van der Waals surface area (Å²) in [5, 5.41) is 12.0. The third kappa shape index (κ3) is 3.75. The molecule has 0 bridgehead atoms. The third-order valence-electron chi connectivity index (χ3n) is 3.53. The Hall–Kier alpha value is -2.49. The van der Waals surface area contributed by atoms with E-state index in [1.807, 2.05) is 44.3 Å². The zero-order valence-corrected chi connectivity index (χ0v) is 12.5. The number of benzene rings is 2. The molecule has 0 unspecified atom stereocenters. The van der Waals surface area contributed by atoms with Crippen molar-refractivity contribution in [1.29, 1.82) is 0 Å². The minimum absolute atomic E-state index is 0.136. The van der Waals surface area contributed by atoms with Crippen molar-refractivity contribution in [3.63, 3.8) is 0 Å². The Morgan fingerprint density at radius 2 is 1.90 bits per heavy atom. The minimum atomic E-state index is 0.136. The van der Waals surface area contributed by atoms with E-state index in [0.29, 0.717) is 0 Å². The van der Waals surface area contributed by atoms with E-state index < -0.39 is 0 Å². The molecule has 4 nitrogen and oxygen atoms in total. The van der Waals surface area contributed by atoms with Crippen LogP contribution in [0.25, 0.3) is 0 Å². The molecule has 0 spiro atoms. The second-order valence-corrected chi connectivity index (χ2v) is 5.16. The Labute approximate surface area is 125 Å². The summed E-state index contributed by atoms with van der Waals surface area (Å²) in [4.78, 5) is 2.13. The van der Waals surface area contributed by atoms with Crippen LogP contribution in [0.1, 0.15) is 16.7 Å². The van der Waals surface area contributed by atoms with Crippen molar-refractivity contribution < 1.29 is 5.21 Å². The molecular weight excluding hydrogens is 262 g/mol. The van der Waals surface area contributed by atoms with E-state index in [1.165, 1.54) is 5.56 Å². The lowest BCUT2D eigenvalue weighted by atomic mass is 10.1. The smallest absolute Gasteiger partial charge is 0.172 e.